The van der Waals surface area contributed by atoms with Gasteiger partial charge in [0.25, 0.3) is 0 Å². The number of carbonyl (C=O) groups is 1. The molecule has 0 unspecified atom stereocenters. The lowest BCUT2D eigenvalue weighted by atomic mass is 9.86. The molecule has 1 saturated carbocycles. The summed E-state index contributed by atoms with van der Waals surface area (Å²) in [7, 11) is -3.27. The van der Waals surface area contributed by atoms with E-state index >= 15 is 0 Å². The average Bonchev–Trinajstić information content (AvgIpc) is 3.04. The number of fused-ring (bicyclic) bond motifs is 1. The van der Waals surface area contributed by atoms with Crippen LogP contribution in [0.1, 0.15) is 39.5 Å². The zero-order chi connectivity index (χ0) is 18.0. The van der Waals surface area contributed by atoms with Crippen molar-refractivity contribution in [3.05, 3.63) is 18.2 Å². The van der Waals surface area contributed by atoms with E-state index in [0.717, 1.165) is 17.2 Å². The Labute approximate surface area is 151 Å². The van der Waals surface area contributed by atoms with Gasteiger partial charge in [0.1, 0.15) is 11.0 Å². The lowest BCUT2D eigenvalue weighted by Gasteiger charge is -2.28. The van der Waals surface area contributed by atoms with Crippen LogP contribution in [0.25, 0.3) is 11.0 Å². The zero-order valence-electron chi connectivity index (χ0n) is 14.2. The zero-order valence-corrected chi connectivity index (χ0v) is 15.9. The number of nitrogens with one attached hydrogen (secondary N) is 2. The first kappa shape index (κ1) is 18.2. The molecule has 2 N–H and O–H groups in total. The van der Waals surface area contributed by atoms with Gasteiger partial charge in [-0.05, 0) is 51.7 Å². The summed E-state index contributed by atoms with van der Waals surface area (Å²) in [5.41, 5.74) is 2.16. The lowest BCUT2D eigenvalue weighted by molar-refractivity contribution is -0.120. The Morgan fingerprint density at radius 1 is 1.20 bits per heavy atom. The maximum Gasteiger partial charge on any atom is 0.227 e. The monoisotopic (exact) mass is 382 g/mol. The number of hydrogen-bond donors (Lipinski definition) is 2. The van der Waals surface area contributed by atoms with Crippen LogP contribution in [0.3, 0.4) is 0 Å². The minimum absolute atomic E-state index is 0.0364. The number of aromatic nitrogens is 2. The first-order valence-corrected chi connectivity index (χ1v) is 10.7. The van der Waals surface area contributed by atoms with E-state index in [9.17, 15) is 13.2 Å². The van der Waals surface area contributed by atoms with Crippen molar-refractivity contribution in [3.63, 3.8) is 0 Å². The molecule has 3 rings (SSSR count). The van der Waals surface area contributed by atoms with E-state index in [2.05, 4.69) is 18.8 Å². The molecule has 1 aliphatic rings. The molecule has 0 radical (unpaired) electrons. The number of anilines is 1. The molecule has 2 aromatic rings. The summed E-state index contributed by atoms with van der Waals surface area (Å²) < 4.78 is 35.0. The molecular weight excluding hydrogens is 360 g/mol. The third kappa shape index (κ3) is 4.16. The Morgan fingerprint density at radius 2 is 1.92 bits per heavy atom. The van der Waals surface area contributed by atoms with Crippen molar-refractivity contribution >= 4 is 44.4 Å². The average molecular weight is 383 g/mol. The fourth-order valence-electron chi connectivity index (χ4n) is 2.98. The number of carbonyl (C=O) groups excluding carboxylic acids is 1. The van der Waals surface area contributed by atoms with Gasteiger partial charge in [0.15, 0.2) is 0 Å². The molecule has 0 aliphatic heterocycles. The SMILES string of the molecule is CC(C)S(=O)(=O)N[C@H]1CC[C@H](C(=O)Nc2cccc3nsnc23)CC1. The number of amides is 1. The molecule has 136 valence electrons. The number of benzene rings is 1. The van der Waals surface area contributed by atoms with Crippen LogP contribution in [0.2, 0.25) is 0 Å². The third-order valence-corrected chi connectivity index (χ3v) is 7.04. The quantitative estimate of drug-likeness (QED) is 0.827. The van der Waals surface area contributed by atoms with E-state index in [1.165, 1.54) is 0 Å². The van der Waals surface area contributed by atoms with E-state index in [4.69, 9.17) is 0 Å². The normalized spacial score (nSPS) is 21.6. The van der Waals surface area contributed by atoms with Crippen molar-refractivity contribution in [2.45, 2.75) is 50.8 Å². The van der Waals surface area contributed by atoms with Crippen molar-refractivity contribution in [2.75, 3.05) is 5.32 Å². The van der Waals surface area contributed by atoms with Crippen molar-refractivity contribution in [1.82, 2.24) is 13.5 Å². The molecule has 1 heterocycles. The minimum Gasteiger partial charge on any atom is -0.324 e. The maximum atomic E-state index is 12.5. The predicted molar refractivity (Wildman–Crippen MR) is 99.0 cm³/mol. The van der Waals surface area contributed by atoms with Gasteiger partial charge < -0.3 is 5.32 Å². The van der Waals surface area contributed by atoms with Gasteiger partial charge in [-0.15, -0.1) is 0 Å². The van der Waals surface area contributed by atoms with Crippen LogP contribution in [-0.4, -0.2) is 34.4 Å². The van der Waals surface area contributed by atoms with Crippen LogP contribution in [-0.2, 0) is 14.8 Å². The number of sulfonamides is 1. The number of hydrogen-bond acceptors (Lipinski definition) is 6. The van der Waals surface area contributed by atoms with Crippen LogP contribution < -0.4 is 10.0 Å². The minimum atomic E-state index is -3.27. The predicted octanol–water partition coefficient (Wildman–Crippen LogP) is 2.52. The van der Waals surface area contributed by atoms with Gasteiger partial charge in [0.05, 0.1) is 22.7 Å². The largest absolute Gasteiger partial charge is 0.324 e. The van der Waals surface area contributed by atoms with Crippen molar-refractivity contribution in [1.29, 1.82) is 0 Å². The topological polar surface area (TPSA) is 101 Å². The second kappa shape index (κ2) is 7.35. The Balaban J connectivity index is 1.58. The van der Waals surface area contributed by atoms with Gasteiger partial charge in [0, 0.05) is 12.0 Å². The van der Waals surface area contributed by atoms with E-state index < -0.39 is 15.3 Å². The summed E-state index contributed by atoms with van der Waals surface area (Å²) in [5.74, 6) is -0.146. The second-order valence-corrected chi connectivity index (χ2v) is 9.48. The Bertz CT molecular complexity index is 855. The lowest BCUT2D eigenvalue weighted by Crippen LogP contribution is -2.42. The molecule has 1 fully saturated rings. The third-order valence-electron chi connectivity index (χ3n) is 4.59. The molecule has 9 heteroatoms. The van der Waals surface area contributed by atoms with Gasteiger partial charge >= 0.3 is 0 Å². The van der Waals surface area contributed by atoms with Gasteiger partial charge in [-0.3, -0.25) is 4.79 Å². The molecule has 0 bridgehead atoms. The highest BCUT2D eigenvalue weighted by Gasteiger charge is 2.29. The number of rotatable bonds is 5. The summed E-state index contributed by atoms with van der Waals surface area (Å²) in [6, 6.07) is 5.45. The Hall–Kier alpha value is -1.58. The maximum absolute atomic E-state index is 12.5. The summed E-state index contributed by atoms with van der Waals surface area (Å²) in [6.07, 6.45) is 2.68. The molecule has 0 spiro atoms. The van der Waals surface area contributed by atoms with E-state index in [1.54, 1.807) is 13.8 Å². The molecule has 1 aromatic carbocycles. The Kier molecular flexibility index (Phi) is 5.35. The first-order valence-electron chi connectivity index (χ1n) is 8.40. The van der Waals surface area contributed by atoms with Crippen LogP contribution >= 0.6 is 11.7 Å². The van der Waals surface area contributed by atoms with Crippen molar-refractivity contribution in [3.8, 4) is 0 Å². The highest BCUT2D eigenvalue weighted by atomic mass is 32.2. The summed E-state index contributed by atoms with van der Waals surface area (Å²) in [5, 5.41) is 2.50. The molecule has 1 aromatic heterocycles. The highest BCUT2D eigenvalue weighted by molar-refractivity contribution is 7.90. The van der Waals surface area contributed by atoms with Crippen molar-refractivity contribution < 1.29 is 13.2 Å². The summed E-state index contributed by atoms with van der Waals surface area (Å²) in [4.78, 5) is 12.5. The molecule has 1 aliphatic carbocycles. The fourth-order valence-corrected chi connectivity index (χ4v) is 4.51. The van der Waals surface area contributed by atoms with Crippen LogP contribution in [0.15, 0.2) is 18.2 Å². The molecule has 1 amide bonds. The fraction of sp³-hybridized carbons (Fsp3) is 0.562. The van der Waals surface area contributed by atoms with Crippen LogP contribution in [0, 0.1) is 5.92 Å². The van der Waals surface area contributed by atoms with Gasteiger partial charge in [-0.25, -0.2) is 13.1 Å². The molecular formula is C16H22N4O3S2. The van der Waals surface area contributed by atoms with Crippen LogP contribution in [0.4, 0.5) is 5.69 Å². The first-order chi connectivity index (χ1) is 11.9. The van der Waals surface area contributed by atoms with Gasteiger partial charge in [0.2, 0.25) is 15.9 Å². The Morgan fingerprint density at radius 3 is 2.60 bits per heavy atom. The van der Waals surface area contributed by atoms with Gasteiger partial charge in [-0.2, -0.15) is 8.75 Å². The number of nitrogens with zero attached hydrogens (tertiary/aromatic N) is 2. The van der Waals surface area contributed by atoms with E-state index in [1.807, 2.05) is 18.2 Å². The highest BCUT2D eigenvalue weighted by Crippen LogP contribution is 2.28. The second-order valence-electron chi connectivity index (χ2n) is 6.69. The standard InChI is InChI=1S/C16H22N4O3S2/c1-10(2)25(22,23)20-12-8-6-11(7-9-12)16(21)17-13-4-3-5-14-15(13)19-24-18-14/h3-5,10-12,20H,6-9H2,1-2H3,(H,17,21)/t11-,12-. The molecule has 7 nitrogen and oxygen atoms in total. The summed E-state index contributed by atoms with van der Waals surface area (Å²) in [6.45, 7) is 3.32. The molecule has 0 atom stereocenters. The molecule has 25 heavy (non-hydrogen) atoms. The van der Waals surface area contributed by atoms with Crippen LogP contribution in [0.5, 0.6) is 0 Å². The van der Waals surface area contributed by atoms with E-state index in [0.29, 0.717) is 36.9 Å². The van der Waals surface area contributed by atoms with Crippen molar-refractivity contribution in [2.24, 2.45) is 5.92 Å². The van der Waals surface area contributed by atoms with Gasteiger partial charge in [-0.1, -0.05) is 6.07 Å². The smallest absolute Gasteiger partial charge is 0.227 e. The molecule has 0 saturated heterocycles. The summed E-state index contributed by atoms with van der Waals surface area (Å²) >= 11 is 1.12. The van der Waals surface area contributed by atoms with E-state index in [-0.39, 0.29) is 17.9 Å².